The fourth-order valence-electron chi connectivity index (χ4n) is 2.54. The van der Waals surface area contributed by atoms with Crippen LogP contribution in [-0.4, -0.2) is 0 Å². The van der Waals surface area contributed by atoms with Gasteiger partial charge in [-0.25, -0.2) is 0 Å². The Labute approximate surface area is 119 Å². The number of benzene rings is 1. The van der Waals surface area contributed by atoms with Crippen LogP contribution in [0.1, 0.15) is 52.6 Å². The first-order chi connectivity index (χ1) is 9.24. The number of aryl methyl sites for hydroxylation is 1. The topological polar surface area (TPSA) is 12.0 Å². The van der Waals surface area contributed by atoms with E-state index in [9.17, 15) is 0 Å². The van der Waals surface area contributed by atoms with Crippen LogP contribution in [0.5, 0.6) is 0 Å². The maximum Gasteiger partial charge on any atom is 0.0388 e. The molecule has 1 heterocycles. The average molecular weight is 271 g/mol. The molecule has 0 radical (unpaired) electrons. The summed E-state index contributed by atoms with van der Waals surface area (Å²) < 4.78 is 0. The SMILES string of the molecule is Cc1ccc(C(C)NCc2ccccc2C2CC2)s1. The number of hydrogen-bond donors (Lipinski definition) is 1. The lowest BCUT2D eigenvalue weighted by molar-refractivity contribution is 0.580. The summed E-state index contributed by atoms with van der Waals surface area (Å²) in [6.45, 7) is 5.40. The molecule has 1 atom stereocenters. The van der Waals surface area contributed by atoms with E-state index in [4.69, 9.17) is 0 Å². The molecule has 1 aromatic heterocycles. The lowest BCUT2D eigenvalue weighted by Crippen LogP contribution is -2.18. The first-order valence-electron chi connectivity index (χ1n) is 7.11. The van der Waals surface area contributed by atoms with Crippen molar-refractivity contribution < 1.29 is 0 Å². The van der Waals surface area contributed by atoms with E-state index in [1.54, 1.807) is 5.56 Å². The molecule has 1 aliphatic rings. The van der Waals surface area contributed by atoms with Gasteiger partial charge in [0, 0.05) is 22.3 Å². The molecule has 1 unspecified atom stereocenters. The smallest absolute Gasteiger partial charge is 0.0388 e. The molecule has 2 aromatic rings. The van der Waals surface area contributed by atoms with Crippen LogP contribution in [0.3, 0.4) is 0 Å². The zero-order valence-corrected chi connectivity index (χ0v) is 12.5. The number of thiophene rings is 1. The van der Waals surface area contributed by atoms with Gasteiger partial charge in [-0.15, -0.1) is 11.3 Å². The summed E-state index contributed by atoms with van der Waals surface area (Å²) in [7, 11) is 0. The van der Waals surface area contributed by atoms with Crippen LogP contribution < -0.4 is 5.32 Å². The molecule has 0 amide bonds. The highest BCUT2D eigenvalue weighted by molar-refractivity contribution is 7.12. The van der Waals surface area contributed by atoms with Gasteiger partial charge >= 0.3 is 0 Å². The molecule has 0 aliphatic heterocycles. The summed E-state index contributed by atoms with van der Waals surface area (Å²) >= 11 is 1.89. The second-order valence-corrected chi connectivity index (χ2v) is 6.84. The molecule has 0 saturated heterocycles. The summed E-state index contributed by atoms with van der Waals surface area (Å²) in [5, 5.41) is 3.66. The van der Waals surface area contributed by atoms with Gasteiger partial charge in [0.15, 0.2) is 0 Å². The zero-order chi connectivity index (χ0) is 13.2. The average Bonchev–Trinajstić information content (AvgIpc) is 3.18. The Kier molecular flexibility index (Phi) is 3.72. The van der Waals surface area contributed by atoms with E-state index in [0.717, 1.165) is 12.5 Å². The van der Waals surface area contributed by atoms with Gasteiger partial charge < -0.3 is 5.32 Å². The summed E-state index contributed by atoms with van der Waals surface area (Å²) in [6.07, 6.45) is 2.74. The van der Waals surface area contributed by atoms with Crippen LogP contribution in [-0.2, 0) is 6.54 Å². The largest absolute Gasteiger partial charge is 0.305 e. The quantitative estimate of drug-likeness (QED) is 0.825. The van der Waals surface area contributed by atoms with Crippen molar-refractivity contribution in [2.75, 3.05) is 0 Å². The minimum Gasteiger partial charge on any atom is -0.305 e. The van der Waals surface area contributed by atoms with Crippen molar-refractivity contribution in [2.24, 2.45) is 0 Å². The van der Waals surface area contributed by atoms with Crippen LogP contribution in [0.4, 0.5) is 0 Å². The van der Waals surface area contributed by atoms with E-state index in [1.807, 2.05) is 11.3 Å². The van der Waals surface area contributed by atoms with Crippen LogP contribution in [0.2, 0.25) is 0 Å². The van der Waals surface area contributed by atoms with E-state index >= 15 is 0 Å². The molecule has 3 rings (SSSR count). The van der Waals surface area contributed by atoms with E-state index in [-0.39, 0.29) is 0 Å². The molecule has 1 nitrogen and oxygen atoms in total. The Morgan fingerprint density at radius 1 is 1.21 bits per heavy atom. The lowest BCUT2D eigenvalue weighted by Gasteiger charge is -2.14. The van der Waals surface area contributed by atoms with E-state index in [0.29, 0.717) is 6.04 Å². The third-order valence-electron chi connectivity index (χ3n) is 3.86. The van der Waals surface area contributed by atoms with Gasteiger partial charge in [0.1, 0.15) is 0 Å². The Hall–Kier alpha value is -1.12. The highest BCUT2D eigenvalue weighted by Crippen LogP contribution is 2.41. The van der Waals surface area contributed by atoms with Crippen LogP contribution >= 0.6 is 11.3 Å². The van der Waals surface area contributed by atoms with Gasteiger partial charge in [-0.1, -0.05) is 24.3 Å². The Morgan fingerprint density at radius 3 is 2.68 bits per heavy atom. The number of hydrogen-bond acceptors (Lipinski definition) is 2. The predicted molar refractivity (Wildman–Crippen MR) is 82.7 cm³/mol. The first-order valence-corrected chi connectivity index (χ1v) is 7.93. The summed E-state index contributed by atoms with van der Waals surface area (Å²) in [6, 6.07) is 13.8. The minimum absolute atomic E-state index is 0.436. The van der Waals surface area contributed by atoms with Crippen molar-refractivity contribution in [1.82, 2.24) is 5.32 Å². The molecule has 19 heavy (non-hydrogen) atoms. The second kappa shape index (κ2) is 5.48. The molecule has 1 aromatic carbocycles. The molecule has 1 aliphatic carbocycles. The molecular formula is C17H21NS. The second-order valence-electron chi connectivity index (χ2n) is 5.52. The Balaban J connectivity index is 1.66. The molecule has 1 saturated carbocycles. The highest BCUT2D eigenvalue weighted by atomic mass is 32.1. The third-order valence-corrected chi connectivity index (χ3v) is 5.04. The molecule has 0 bridgehead atoms. The van der Waals surface area contributed by atoms with E-state index in [1.165, 1.54) is 28.2 Å². The molecule has 1 N–H and O–H groups in total. The normalized spacial score (nSPS) is 16.5. The van der Waals surface area contributed by atoms with Gasteiger partial charge in [-0.2, -0.15) is 0 Å². The minimum atomic E-state index is 0.436. The molecule has 2 heteroatoms. The zero-order valence-electron chi connectivity index (χ0n) is 11.6. The van der Waals surface area contributed by atoms with Crippen molar-refractivity contribution >= 4 is 11.3 Å². The van der Waals surface area contributed by atoms with Gasteiger partial charge in [0.05, 0.1) is 0 Å². The van der Waals surface area contributed by atoms with Gasteiger partial charge in [0.25, 0.3) is 0 Å². The van der Waals surface area contributed by atoms with Crippen molar-refractivity contribution in [2.45, 2.75) is 45.2 Å². The molecule has 0 spiro atoms. The maximum absolute atomic E-state index is 3.66. The van der Waals surface area contributed by atoms with Gasteiger partial charge in [-0.3, -0.25) is 0 Å². The number of rotatable bonds is 5. The van der Waals surface area contributed by atoms with Crippen LogP contribution in [0.15, 0.2) is 36.4 Å². The van der Waals surface area contributed by atoms with E-state index in [2.05, 4.69) is 55.6 Å². The fraction of sp³-hybridized carbons (Fsp3) is 0.412. The fourth-order valence-corrected chi connectivity index (χ4v) is 3.44. The maximum atomic E-state index is 3.66. The lowest BCUT2D eigenvalue weighted by atomic mass is 10.0. The Bertz CT molecular complexity index is 554. The molecule has 100 valence electrons. The summed E-state index contributed by atoms with van der Waals surface area (Å²) in [5.74, 6) is 0.831. The summed E-state index contributed by atoms with van der Waals surface area (Å²) in [4.78, 5) is 2.82. The standard InChI is InChI=1S/C17H21NS/c1-12-7-10-17(19-12)13(2)18-11-15-5-3-4-6-16(15)14-8-9-14/h3-7,10,13-14,18H,8-9,11H2,1-2H3. The molecule has 1 fully saturated rings. The Morgan fingerprint density at radius 2 is 2.00 bits per heavy atom. The van der Waals surface area contributed by atoms with Crippen molar-refractivity contribution in [1.29, 1.82) is 0 Å². The van der Waals surface area contributed by atoms with Crippen LogP contribution in [0.25, 0.3) is 0 Å². The highest BCUT2D eigenvalue weighted by Gasteiger charge is 2.25. The van der Waals surface area contributed by atoms with E-state index < -0.39 is 0 Å². The first kappa shape index (κ1) is 12.9. The van der Waals surface area contributed by atoms with Gasteiger partial charge in [0.2, 0.25) is 0 Å². The van der Waals surface area contributed by atoms with Crippen molar-refractivity contribution in [3.05, 3.63) is 57.3 Å². The van der Waals surface area contributed by atoms with Crippen LogP contribution in [0, 0.1) is 6.92 Å². The monoisotopic (exact) mass is 271 g/mol. The van der Waals surface area contributed by atoms with Crippen molar-refractivity contribution in [3.8, 4) is 0 Å². The van der Waals surface area contributed by atoms with Gasteiger partial charge in [-0.05, 0) is 55.9 Å². The summed E-state index contributed by atoms with van der Waals surface area (Å²) in [5.41, 5.74) is 3.04. The predicted octanol–water partition coefficient (Wildman–Crippen LogP) is 4.78. The third kappa shape index (κ3) is 3.07. The number of nitrogens with one attached hydrogen (secondary N) is 1. The molecular weight excluding hydrogens is 250 g/mol. The van der Waals surface area contributed by atoms with Crippen molar-refractivity contribution in [3.63, 3.8) is 0 Å².